The zero-order chi connectivity index (χ0) is 15.8. The third-order valence-corrected chi connectivity index (χ3v) is 3.56. The molecule has 21 heavy (non-hydrogen) atoms. The second-order valence-electron chi connectivity index (χ2n) is 4.82. The monoisotopic (exact) mass is 314 g/mol. The van der Waals surface area contributed by atoms with Crippen LogP contribution in [0.25, 0.3) is 0 Å². The molecule has 0 aromatic heterocycles. The van der Waals surface area contributed by atoms with Gasteiger partial charge in [0.2, 0.25) is 5.91 Å². The molecule has 0 fully saturated rings. The van der Waals surface area contributed by atoms with Crippen LogP contribution in [-0.4, -0.2) is 31.0 Å². The van der Waals surface area contributed by atoms with Gasteiger partial charge in [-0.15, -0.1) is 0 Å². The van der Waals surface area contributed by atoms with Crippen LogP contribution in [0.3, 0.4) is 0 Å². The van der Waals surface area contributed by atoms with Gasteiger partial charge in [0.25, 0.3) is 0 Å². The van der Waals surface area contributed by atoms with Crippen molar-refractivity contribution in [2.45, 2.75) is 25.8 Å². The Labute approximate surface area is 128 Å². The highest BCUT2D eigenvalue weighted by Gasteiger charge is 2.18. The van der Waals surface area contributed by atoms with E-state index in [4.69, 9.17) is 11.6 Å². The predicted molar refractivity (Wildman–Crippen MR) is 77.4 cm³/mol. The maximum absolute atomic E-state index is 11.9. The molecule has 0 aliphatic rings. The quantitative estimate of drug-likeness (QED) is 0.496. The van der Waals surface area contributed by atoms with Gasteiger partial charge in [0.1, 0.15) is 6.04 Å². The Bertz CT molecular complexity index is 508. The van der Waals surface area contributed by atoms with E-state index < -0.39 is 12.0 Å². The molecule has 0 bridgehead atoms. The van der Waals surface area contributed by atoms with Gasteiger partial charge in [-0.25, -0.2) is 0 Å². The van der Waals surface area contributed by atoms with Crippen molar-refractivity contribution in [1.29, 1.82) is 0 Å². The van der Waals surface area contributed by atoms with Crippen LogP contribution in [-0.2, 0) is 9.59 Å². The van der Waals surface area contributed by atoms with E-state index >= 15 is 0 Å². The molecule has 0 aliphatic carbocycles. The van der Waals surface area contributed by atoms with Crippen LogP contribution in [0.15, 0.2) is 18.2 Å². The van der Waals surface area contributed by atoms with Crippen LogP contribution in [0.2, 0.25) is 5.02 Å². The second-order valence-corrected chi connectivity index (χ2v) is 5.23. The molecule has 0 saturated carbocycles. The minimum atomic E-state index is -1.24. The molecule has 0 heterocycles. The highest BCUT2D eigenvalue weighted by atomic mass is 35.5. The lowest BCUT2D eigenvalue weighted by Gasteiger charge is -2.16. The average molecular weight is 315 g/mol. The Kier molecular flexibility index (Phi) is 7.14. The number of nitrogens with two attached hydrogens (primary N) is 1. The van der Waals surface area contributed by atoms with Crippen molar-refractivity contribution in [2.75, 3.05) is 18.4 Å². The molecule has 1 amide bonds. The lowest BCUT2D eigenvalue weighted by atomic mass is 10.1. The van der Waals surface area contributed by atoms with Crippen LogP contribution in [0, 0.1) is 6.92 Å². The van der Waals surface area contributed by atoms with Gasteiger partial charge in [-0.3, -0.25) is 4.79 Å². The van der Waals surface area contributed by atoms with Crippen LogP contribution in [0.1, 0.15) is 18.4 Å². The summed E-state index contributed by atoms with van der Waals surface area (Å²) in [5.74, 6) is -1.61. The highest BCUT2D eigenvalue weighted by Crippen LogP contribution is 2.22. The number of aliphatic carboxylic acids is 1. The fourth-order valence-corrected chi connectivity index (χ4v) is 2.04. The molecule has 1 aromatic carbocycles. The molecule has 0 unspecified atom stereocenters. The molecule has 6 nitrogen and oxygen atoms in total. The number of amides is 1. The fourth-order valence-electron chi connectivity index (χ4n) is 1.87. The number of carbonyl (C=O) groups excluding carboxylic acids is 2. The van der Waals surface area contributed by atoms with Crippen LogP contribution >= 0.6 is 11.6 Å². The third-order valence-electron chi connectivity index (χ3n) is 3.16. The lowest BCUT2D eigenvalue weighted by molar-refractivity contribution is -0.684. The molecule has 0 radical (unpaired) electrons. The molecule has 0 aliphatic heterocycles. The third kappa shape index (κ3) is 5.71. The van der Waals surface area contributed by atoms with E-state index in [1.54, 1.807) is 30.4 Å². The molecule has 7 heteroatoms. The molecule has 0 saturated heterocycles. The van der Waals surface area contributed by atoms with Crippen molar-refractivity contribution in [3.05, 3.63) is 28.8 Å². The summed E-state index contributed by atoms with van der Waals surface area (Å²) in [4.78, 5) is 23.0. The van der Waals surface area contributed by atoms with Crippen molar-refractivity contribution in [1.82, 2.24) is 0 Å². The van der Waals surface area contributed by atoms with E-state index in [1.807, 2.05) is 0 Å². The van der Waals surface area contributed by atoms with Crippen LogP contribution in [0.4, 0.5) is 5.69 Å². The summed E-state index contributed by atoms with van der Waals surface area (Å²) in [6, 6.07) is 4.28. The smallest absolute Gasteiger partial charge is 0.230 e. The van der Waals surface area contributed by atoms with Gasteiger partial charge in [0.15, 0.2) is 0 Å². The molecule has 116 valence electrons. The number of quaternary nitrogens is 2. The summed E-state index contributed by atoms with van der Waals surface area (Å²) in [7, 11) is 0. The number of rotatable bonds is 8. The first-order valence-corrected chi connectivity index (χ1v) is 7.22. The number of anilines is 1. The van der Waals surface area contributed by atoms with E-state index in [2.05, 4.69) is 11.1 Å². The number of carboxylic acids is 1. The summed E-state index contributed by atoms with van der Waals surface area (Å²) < 4.78 is 0. The van der Waals surface area contributed by atoms with Crippen molar-refractivity contribution in [3.63, 3.8) is 0 Å². The normalized spacial score (nSPS) is 12.0. The number of hydrogen-bond donors (Lipinski definition) is 3. The summed E-state index contributed by atoms with van der Waals surface area (Å²) in [6.45, 7) is 3.12. The Hall–Kier alpha value is -1.63. The summed E-state index contributed by atoms with van der Waals surface area (Å²) >= 11 is 5.97. The van der Waals surface area contributed by atoms with E-state index in [0.29, 0.717) is 17.3 Å². The van der Waals surface area contributed by atoms with Crippen LogP contribution < -0.4 is 21.5 Å². The van der Waals surface area contributed by atoms with Crippen molar-refractivity contribution >= 4 is 29.2 Å². The molecule has 1 rings (SSSR count). The van der Waals surface area contributed by atoms with Crippen molar-refractivity contribution in [2.24, 2.45) is 0 Å². The Morgan fingerprint density at radius 3 is 2.81 bits per heavy atom. The van der Waals surface area contributed by atoms with E-state index in [0.717, 1.165) is 18.5 Å². The highest BCUT2D eigenvalue weighted by molar-refractivity contribution is 6.31. The summed E-state index contributed by atoms with van der Waals surface area (Å²) in [5.41, 5.74) is 5.02. The number of carbonyl (C=O) groups is 2. The SMILES string of the molecule is Cc1c(Cl)cccc1NC(=O)C[C@@H]([NH2+]CCC[NH3+])C(=O)[O-]. The molecule has 1 atom stereocenters. The number of halogens is 1. The Morgan fingerprint density at radius 1 is 1.48 bits per heavy atom. The van der Waals surface area contributed by atoms with Gasteiger partial charge >= 0.3 is 0 Å². The molecule has 1 aromatic rings. The molecule has 0 spiro atoms. The van der Waals surface area contributed by atoms with Crippen molar-refractivity contribution in [3.8, 4) is 0 Å². The van der Waals surface area contributed by atoms with Gasteiger partial charge in [0, 0.05) is 17.1 Å². The summed E-state index contributed by atoms with van der Waals surface area (Å²) in [6.07, 6.45) is 0.643. The minimum Gasteiger partial charge on any atom is -0.544 e. The average Bonchev–Trinajstić information content (AvgIpc) is 2.43. The number of carboxylic acid groups (broad SMARTS) is 1. The van der Waals surface area contributed by atoms with Gasteiger partial charge in [-0.2, -0.15) is 0 Å². The molecule has 6 N–H and O–H groups in total. The first-order valence-electron chi connectivity index (χ1n) is 6.84. The van der Waals surface area contributed by atoms with E-state index in [1.165, 1.54) is 0 Å². The van der Waals surface area contributed by atoms with Gasteiger partial charge < -0.3 is 26.3 Å². The zero-order valence-electron chi connectivity index (χ0n) is 12.0. The zero-order valence-corrected chi connectivity index (χ0v) is 12.8. The largest absolute Gasteiger partial charge is 0.544 e. The first-order chi connectivity index (χ1) is 9.95. The maximum Gasteiger partial charge on any atom is 0.230 e. The number of hydrogen-bond acceptors (Lipinski definition) is 3. The molecular formula is C14H21ClN3O3+. The maximum atomic E-state index is 11.9. The number of nitrogens with one attached hydrogen (secondary N) is 1. The molecular weight excluding hydrogens is 294 g/mol. The number of benzene rings is 1. The van der Waals surface area contributed by atoms with E-state index in [9.17, 15) is 14.7 Å². The lowest BCUT2D eigenvalue weighted by Crippen LogP contribution is -2.93. The summed E-state index contributed by atoms with van der Waals surface area (Å²) in [5, 5.41) is 15.9. The van der Waals surface area contributed by atoms with Gasteiger partial charge in [-0.1, -0.05) is 17.7 Å². The Balaban J connectivity index is 2.61. The predicted octanol–water partition coefficient (Wildman–Crippen LogP) is -1.71. The Morgan fingerprint density at radius 2 is 2.19 bits per heavy atom. The van der Waals surface area contributed by atoms with E-state index in [-0.39, 0.29) is 12.3 Å². The first kappa shape index (κ1) is 17.4. The van der Waals surface area contributed by atoms with Crippen LogP contribution in [0.5, 0.6) is 0 Å². The van der Waals surface area contributed by atoms with Gasteiger partial charge in [0.05, 0.1) is 25.5 Å². The van der Waals surface area contributed by atoms with Gasteiger partial charge in [-0.05, 0) is 24.6 Å². The topological polar surface area (TPSA) is 113 Å². The standard InChI is InChI=1S/C14H20ClN3O3/c1-9-10(15)4-2-5-11(9)18-13(19)8-12(14(20)21)17-7-3-6-16/h2,4-5,12,17H,3,6-8,16H2,1H3,(H,18,19)(H,20,21)/p+1/t12-/m1/s1. The fraction of sp³-hybridized carbons (Fsp3) is 0.429. The minimum absolute atomic E-state index is 0.147. The second kappa shape index (κ2) is 8.61. The van der Waals surface area contributed by atoms with Crippen molar-refractivity contribution < 1.29 is 25.7 Å².